The molecule has 1 saturated heterocycles. The van der Waals surface area contributed by atoms with E-state index in [-0.39, 0.29) is 12.5 Å². The van der Waals surface area contributed by atoms with Crippen LogP contribution in [0.25, 0.3) is 0 Å². The normalized spacial score (nSPS) is 25.9. The molecule has 1 atom stereocenters. The molecule has 0 aromatic carbocycles. The number of carbonyl (C=O) groups is 2. The van der Waals surface area contributed by atoms with Gasteiger partial charge in [-0.2, -0.15) is 0 Å². The van der Waals surface area contributed by atoms with Gasteiger partial charge in [0.05, 0.1) is 12.5 Å². The van der Waals surface area contributed by atoms with Crippen LogP contribution in [0.2, 0.25) is 0 Å². The van der Waals surface area contributed by atoms with Gasteiger partial charge in [0.25, 0.3) is 0 Å². The predicted molar refractivity (Wildman–Crippen MR) is 61.4 cm³/mol. The van der Waals surface area contributed by atoms with Gasteiger partial charge in [0.15, 0.2) is 0 Å². The summed E-state index contributed by atoms with van der Waals surface area (Å²) in [6.07, 6.45) is 0.402. The van der Waals surface area contributed by atoms with Crippen LogP contribution in [0.3, 0.4) is 0 Å². The van der Waals surface area contributed by atoms with Crippen LogP contribution in [0.15, 0.2) is 0 Å². The van der Waals surface area contributed by atoms with Crippen molar-refractivity contribution in [2.75, 3.05) is 26.7 Å². The van der Waals surface area contributed by atoms with Crippen LogP contribution in [0.5, 0.6) is 0 Å². The summed E-state index contributed by atoms with van der Waals surface area (Å²) in [6.45, 7) is 4.85. The molecule has 0 aromatic heterocycles. The Hall–Kier alpha value is -1.14. The third-order valence-electron chi connectivity index (χ3n) is 3.16. The van der Waals surface area contributed by atoms with Gasteiger partial charge in [0.2, 0.25) is 0 Å². The molecule has 0 aromatic rings. The number of aliphatic carboxylic acids is 1. The number of hydrogen-bond acceptors (Lipinski definition) is 5. The third kappa shape index (κ3) is 2.95. The predicted octanol–water partition coefficient (Wildman–Crippen LogP) is -0.327. The van der Waals surface area contributed by atoms with E-state index in [0.717, 1.165) is 0 Å². The number of nitrogens with two attached hydrogens (primary N) is 1. The second-order valence-corrected chi connectivity index (χ2v) is 5.30. The van der Waals surface area contributed by atoms with Gasteiger partial charge >= 0.3 is 11.9 Å². The van der Waals surface area contributed by atoms with Gasteiger partial charge in [0, 0.05) is 19.6 Å². The maximum absolute atomic E-state index is 11.5. The molecule has 98 valence electrons. The fraction of sp³-hybridized carbons (Fsp3) is 0.818. The van der Waals surface area contributed by atoms with E-state index in [4.69, 9.17) is 15.6 Å². The van der Waals surface area contributed by atoms with Crippen molar-refractivity contribution >= 4 is 11.9 Å². The van der Waals surface area contributed by atoms with Crippen molar-refractivity contribution in [3.63, 3.8) is 0 Å². The average Bonchev–Trinajstić information content (AvgIpc) is 2.59. The largest absolute Gasteiger partial charge is 0.480 e. The van der Waals surface area contributed by atoms with Crippen molar-refractivity contribution in [2.45, 2.75) is 25.8 Å². The van der Waals surface area contributed by atoms with Gasteiger partial charge in [-0.1, -0.05) is 0 Å². The summed E-state index contributed by atoms with van der Waals surface area (Å²) >= 11 is 0. The highest BCUT2D eigenvalue weighted by Gasteiger charge is 2.43. The van der Waals surface area contributed by atoms with Crippen LogP contribution in [-0.4, -0.2) is 54.2 Å². The Balaban J connectivity index is 2.62. The van der Waals surface area contributed by atoms with E-state index >= 15 is 0 Å². The molecule has 0 bridgehead atoms. The van der Waals surface area contributed by atoms with Crippen molar-refractivity contribution in [1.82, 2.24) is 4.90 Å². The second kappa shape index (κ2) is 4.62. The van der Waals surface area contributed by atoms with E-state index in [1.54, 1.807) is 13.8 Å². The molecule has 0 amide bonds. The number of hydrogen-bond donors (Lipinski definition) is 2. The van der Waals surface area contributed by atoms with Crippen LogP contribution < -0.4 is 5.73 Å². The maximum Gasteiger partial charge on any atom is 0.325 e. The minimum Gasteiger partial charge on any atom is -0.480 e. The number of methoxy groups -OCH3 is 1. The lowest BCUT2D eigenvalue weighted by molar-refractivity contribution is -0.151. The first kappa shape index (κ1) is 13.9. The number of esters is 1. The molecule has 1 aliphatic rings. The number of carboxylic acid groups (broad SMARTS) is 1. The first-order chi connectivity index (χ1) is 7.71. The molecule has 1 unspecified atom stereocenters. The van der Waals surface area contributed by atoms with E-state index in [9.17, 15) is 9.59 Å². The Bertz CT molecular complexity index is 329. The third-order valence-corrected chi connectivity index (χ3v) is 3.16. The average molecular weight is 244 g/mol. The minimum atomic E-state index is -1.19. The Morgan fingerprint density at radius 1 is 1.53 bits per heavy atom. The van der Waals surface area contributed by atoms with Gasteiger partial charge in [-0.3, -0.25) is 14.5 Å². The summed E-state index contributed by atoms with van der Waals surface area (Å²) in [5.74, 6) is -1.29. The molecule has 6 nitrogen and oxygen atoms in total. The molecule has 3 N–H and O–H groups in total. The van der Waals surface area contributed by atoms with Gasteiger partial charge in [-0.25, -0.2) is 0 Å². The molecule has 1 aliphatic heterocycles. The van der Waals surface area contributed by atoms with Crippen LogP contribution >= 0.6 is 0 Å². The zero-order valence-corrected chi connectivity index (χ0v) is 10.5. The van der Waals surface area contributed by atoms with Crippen LogP contribution in [0.1, 0.15) is 20.3 Å². The van der Waals surface area contributed by atoms with E-state index < -0.39 is 16.9 Å². The van der Waals surface area contributed by atoms with Crippen LogP contribution in [0, 0.1) is 5.41 Å². The first-order valence-corrected chi connectivity index (χ1v) is 5.54. The quantitative estimate of drug-likeness (QED) is 0.658. The summed E-state index contributed by atoms with van der Waals surface area (Å²) in [6, 6.07) is 0. The molecule has 1 rings (SSSR count). The van der Waals surface area contributed by atoms with Crippen molar-refractivity contribution < 1.29 is 19.4 Å². The molecular formula is C11H20N2O4. The highest BCUT2D eigenvalue weighted by atomic mass is 16.5. The molecule has 1 fully saturated rings. The van der Waals surface area contributed by atoms with E-state index in [1.807, 2.05) is 4.90 Å². The first-order valence-electron chi connectivity index (χ1n) is 5.54. The summed E-state index contributed by atoms with van der Waals surface area (Å²) in [4.78, 5) is 24.4. The standard InChI is InChI=1S/C11H20N2O4/c1-10(2,9(16)17-3)6-13-5-4-11(12,7-13)8(14)15/h4-7,12H2,1-3H3,(H,14,15). The molecule has 1 heterocycles. The smallest absolute Gasteiger partial charge is 0.325 e. The van der Waals surface area contributed by atoms with Gasteiger partial charge in [-0.15, -0.1) is 0 Å². The van der Waals surface area contributed by atoms with Crippen molar-refractivity contribution in [3.05, 3.63) is 0 Å². The summed E-state index contributed by atoms with van der Waals surface area (Å²) < 4.78 is 4.71. The molecule has 6 heteroatoms. The zero-order chi connectivity index (χ0) is 13.3. The second-order valence-electron chi connectivity index (χ2n) is 5.30. The lowest BCUT2D eigenvalue weighted by Crippen LogP contribution is -2.51. The highest BCUT2D eigenvalue weighted by Crippen LogP contribution is 2.25. The lowest BCUT2D eigenvalue weighted by atomic mass is 9.93. The van der Waals surface area contributed by atoms with Gasteiger partial charge in [-0.05, 0) is 20.3 Å². The molecule has 0 aliphatic carbocycles. The molecule has 0 radical (unpaired) electrons. The Morgan fingerprint density at radius 2 is 2.12 bits per heavy atom. The molecular weight excluding hydrogens is 224 g/mol. The van der Waals surface area contributed by atoms with Crippen molar-refractivity contribution in [3.8, 4) is 0 Å². The fourth-order valence-electron chi connectivity index (χ4n) is 2.12. The summed E-state index contributed by atoms with van der Waals surface area (Å²) in [7, 11) is 1.35. The monoisotopic (exact) mass is 244 g/mol. The number of rotatable bonds is 4. The SMILES string of the molecule is COC(=O)C(C)(C)CN1CCC(N)(C(=O)O)C1. The Kier molecular flexibility index (Phi) is 3.78. The number of likely N-dealkylation sites (tertiary alicyclic amines) is 1. The molecule has 0 saturated carbocycles. The van der Waals surface area contributed by atoms with Crippen molar-refractivity contribution in [1.29, 1.82) is 0 Å². The number of carboxylic acids is 1. The van der Waals surface area contributed by atoms with Gasteiger partial charge in [0.1, 0.15) is 5.54 Å². The minimum absolute atomic E-state index is 0.267. The van der Waals surface area contributed by atoms with Crippen LogP contribution in [-0.2, 0) is 14.3 Å². The molecule has 0 spiro atoms. The van der Waals surface area contributed by atoms with Gasteiger partial charge < -0.3 is 15.6 Å². The Labute approximate surface area is 101 Å². The van der Waals surface area contributed by atoms with Crippen molar-refractivity contribution in [2.24, 2.45) is 11.1 Å². The van der Waals surface area contributed by atoms with E-state index in [2.05, 4.69) is 0 Å². The number of carbonyl (C=O) groups excluding carboxylic acids is 1. The maximum atomic E-state index is 11.5. The Morgan fingerprint density at radius 3 is 2.53 bits per heavy atom. The summed E-state index contributed by atoms with van der Waals surface area (Å²) in [5, 5.41) is 9.00. The van der Waals surface area contributed by atoms with Crippen LogP contribution in [0.4, 0.5) is 0 Å². The highest BCUT2D eigenvalue weighted by molar-refractivity contribution is 5.79. The number of nitrogens with zero attached hydrogens (tertiary/aromatic N) is 1. The summed E-state index contributed by atoms with van der Waals surface area (Å²) in [5.41, 5.74) is 3.92. The topological polar surface area (TPSA) is 92.9 Å². The van der Waals surface area contributed by atoms with E-state index in [1.165, 1.54) is 7.11 Å². The number of ether oxygens (including phenoxy) is 1. The van der Waals surface area contributed by atoms with E-state index in [0.29, 0.717) is 19.5 Å². The lowest BCUT2D eigenvalue weighted by Gasteiger charge is -2.28. The molecule has 17 heavy (non-hydrogen) atoms. The zero-order valence-electron chi connectivity index (χ0n) is 10.5. The fourth-order valence-corrected chi connectivity index (χ4v) is 2.12.